The monoisotopic (exact) mass is 363 g/mol. The zero-order valence-electron chi connectivity index (χ0n) is 13.0. The van der Waals surface area contributed by atoms with Gasteiger partial charge in [0.15, 0.2) is 0 Å². The van der Waals surface area contributed by atoms with Crippen molar-refractivity contribution in [1.29, 1.82) is 0 Å². The molecule has 0 aromatic heterocycles. The molecule has 23 heavy (non-hydrogen) atoms. The van der Waals surface area contributed by atoms with E-state index in [0.717, 1.165) is 19.5 Å². The highest BCUT2D eigenvalue weighted by atomic mass is 35.5. The molecule has 0 bridgehead atoms. The second-order valence-corrected chi connectivity index (χ2v) is 5.88. The van der Waals surface area contributed by atoms with Crippen LogP contribution >= 0.6 is 24.8 Å². The first-order valence-electron chi connectivity index (χ1n) is 7.72. The van der Waals surface area contributed by atoms with Gasteiger partial charge in [-0.2, -0.15) is 0 Å². The number of piperazine rings is 1. The molecule has 2 saturated heterocycles. The van der Waals surface area contributed by atoms with Gasteiger partial charge in [0.25, 0.3) is 0 Å². The Morgan fingerprint density at radius 2 is 1.87 bits per heavy atom. The van der Waals surface area contributed by atoms with Gasteiger partial charge in [-0.05, 0) is 37.6 Å². The third kappa shape index (κ3) is 4.96. The number of nitrogens with one attached hydrogen (secondary N) is 1. The molecule has 4 nitrogen and oxygen atoms in total. The van der Waals surface area contributed by atoms with E-state index in [9.17, 15) is 9.18 Å². The van der Waals surface area contributed by atoms with Crippen molar-refractivity contribution in [1.82, 2.24) is 10.2 Å². The number of carbonyl (C=O) groups excluding carboxylic acids is 1. The summed E-state index contributed by atoms with van der Waals surface area (Å²) in [6.45, 7) is 4.77. The van der Waals surface area contributed by atoms with E-state index in [1.54, 1.807) is 12.1 Å². The fourth-order valence-electron chi connectivity index (χ4n) is 3.17. The second-order valence-electron chi connectivity index (χ2n) is 5.88. The zero-order chi connectivity index (χ0) is 14.7. The lowest BCUT2D eigenvalue weighted by atomic mass is 10.0. The number of anilines is 1. The van der Waals surface area contributed by atoms with E-state index in [1.165, 1.54) is 6.07 Å². The molecule has 0 saturated carbocycles. The third-order valence-corrected chi connectivity index (χ3v) is 4.45. The predicted molar refractivity (Wildman–Crippen MR) is 95.3 cm³/mol. The molecule has 7 heteroatoms. The van der Waals surface area contributed by atoms with Crippen LogP contribution in [0.15, 0.2) is 24.3 Å². The summed E-state index contributed by atoms with van der Waals surface area (Å²) < 4.78 is 13.8. The minimum Gasteiger partial charge on any atom is -0.366 e. The molecular formula is C16H24Cl2FN3O. The van der Waals surface area contributed by atoms with Crippen LogP contribution in [0.5, 0.6) is 0 Å². The second kappa shape index (κ2) is 9.30. The van der Waals surface area contributed by atoms with Crippen LogP contribution in [0.2, 0.25) is 0 Å². The van der Waals surface area contributed by atoms with Crippen LogP contribution < -0.4 is 10.2 Å². The van der Waals surface area contributed by atoms with E-state index < -0.39 is 0 Å². The van der Waals surface area contributed by atoms with Crippen molar-refractivity contribution >= 4 is 36.4 Å². The zero-order valence-corrected chi connectivity index (χ0v) is 14.7. The Morgan fingerprint density at radius 3 is 2.48 bits per heavy atom. The molecule has 2 heterocycles. The van der Waals surface area contributed by atoms with Crippen molar-refractivity contribution in [3.05, 3.63) is 30.1 Å². The lowest BCUT2D eigenvalue weighted by Crippen LogP contribution is -2.49. The van der Waals surface area contributed by atoms with E-state index >= 15 is 0 Å². The number of nitrogens with zero attached hydrogens (tertiary/aromatic N) is 2. The maximum absolute atomic E-state index is 13.8. The largest absolute Gasteiger partial charge is 0.366 e. The molecule has 3 rings (SSSR count). The van der Waals surface area contributed by atoms with Gasteiger partial charge in [0, 0.05) is 32.6 Å². The van der Waals surface area contributed by atoms with Gasteiger partial charge in [0.1, 0.15) is 5.82 Å². The summed E-state index contributed by atoms with van der Waals surface area (Å²) in [5.74, 6) is 0.549. The van der Waals surface area contributed by atoms with Crippen LogP contribution in [-0.4, -0.2) is 50.1 Å². The van der Waals surface area contributed by atoms with Crippen LogP contribution in [0.25, 0.3) is 0 Å². The third-order valence-electron chi connectivity index (χ3n) is 4.45. The van der Waals surface area contributed by atoms with Crippen molar-refractivity contribution in [2.75, 3.05) is 44.2 Å². The van der Waals surface area contributed by atoms with Crippen molar-refractivity contribution in [3.8, 4) is 0 Å². The van der Waals surface area contributed by atoms with Gasteiger partial charge < -0.3 is 15.1 Å². The summed E-state index contributed by atoms with van der Waals surface area (Å²) in [6, 6.07) is 6.84. The normalized spacial score (nSPS) is 20.7. The van der Waals surface area contributed by atoms with E-state index in [-0.39, 0.29) is 36.5 Å². The Kier molecular flexibility index (Phi) is 8.09. The van der Waals surface area contributed by atoms with Crippen LogP contribution in [-0.2, 0) is 4.79 Å². The van der Waals surface area contributed by atoms with Crippen molar-refractivity contribution < 1.29 is 9.18 Å². The van der Waals surface area contributed by atoms with Gasteiger partial charge >= 0.3 is 0 Å². The Hall–Kier alpha value is -1.04. The number of benzene rings is 1. The summed E-state index contributed by atoms with van der Waals surface area (Å²) >= 11 is 0. The molecule has 1 unspecified atom stereocenters. The van der Waals surface area contributed by atoms with Crippen LogP contribution in [0.3, 0.4) is 0 Å². The van der Waals surface area contributed by atoms with Gasteiger partial charge in [-0.3, -0.25) is 4.79 Å². The maximum atomic E-state index is 13.8. The average Bonchev–Trinajstić information content (AvgIpc) is 3.01. The minimum atomic E-state index is -0.186. The molecule has 1 amide bonds. The summed E-state index contributed by atoms with van der Waals surface area (Å²) in [4.78, 5) is 16.2. The molecule has 1 atom stereocenters. The molecule has 1 N–H and O–H groups in total. The predicted octanol–water partition coefficient (Wildman–Crippen LogP) is 2.32. The van der Waals surface area contributed by atoms with E-state index in [1.807, 2.05) is 15.9 Å². The Bertz CT molecular complexity index is 504. The molecule has 0 radical (unpaired) electrons. The molecule has 2 fully saturated rings. The highest BCUT2D eigenvalue weighted by Gasteiger charge is 2.25. The standard InChI is InChI=1S/C16H22FN3O.2ClH/c17-14-3-1-2-4-15(14)19-7-9-20(10-8-19)16(21)11-13-5-6-18-12-13;;/h1-4,13,18H,5-12H2;2*1H. The smallest absolute Gasteiger partial charge is 0.223 e. The number of amides is 1. The van der Waals surface area contributed by atoms with E-state index in [2.05, 4.69) is 5.32 Å². The first kappa shape index (κ1) is 20.0. The summed E-state index contributed by atoms with van der Waals surface area (Å²) in [5, 5.41) is 3.29. The van der Waals surface area contributed by atoms with Crippen molar-refractivity contribution in [2.45, 2.75) is 12.8 Å². The topological polar surface area (TPSA) is 35.6 Å². The van der Waals surface area contributed by atoms with E-state index in [0.29, 0.717) is 44.2 Å². The van der Waals surface area contributed by atoms with Gasteiger partial charge in [-0.25, -0.2) is 4.39 Å². The fraction of sp³-hybridized carbons (Fsp3) is 0.562. The molecule has 1 aromatic carbocycles. The number of halogens is 3. The summed E-state index contributed by atoms with van der Waals surface area (Å²) in [5.41, 5.74) is 0.643. The summed E-state index contributed by atoms with van der Waals surface area (Å²) in [6.07, 6.45) is 1.74. The Morgan fingerprint density at radius 1 is 1.17 bits per heavy atom. The Labute approximate surface area is 149 Å². The molecule has 0 aliphatic carbocycles. The first-order chi connectivity index (χ1) is 10.2. The first-order valence-corrected chi connectivity index (χ1v) is 7.72. The molecule has 0 spiro atoms. The van der Waals surface area contributed by atoms with E-state index in [4.69, 9.17) is 0 Å². The number of para-hydroxylation sites is 1. The van der Waals surface area contributed by atoms with Crippen LogP contribution in [0.4, 0.5) is 10.1 Å². The number of carbonyl (C=O) groups is 1. The number of hydrogen-bond acceptors (Lipinski definition) is 3. The van der Waals surface area contributed by atoms with Gasteiger partial charge in [0.2, 0.25) is 5.91 Å². The maximum Gasteiger partial charge on any atom is 0.223 e. The van der Waals surface area contributed by atoms with Crippen LogP contribution in [0.1, 0.15) is 12.8 Å². The van der Waals surface area contributed by atoms with Gasteiger partial charge in [0.05, 0.1) is 5.69 Å². The fourth-order valence-corrected chi connectivity index (χ4v) is 3.17. The summed E-state index contributed by atoms with van der Waals surface area (Å²) in [7, 11) is 0. The van der Waals surface area contributed by atoms with Crippen LogP contribution in [0, 0.1) is 11.7 Å². The van der Waals surface area contributed by atoms with Crippen molar-refractivity contribution in [2.24, 2.45) is 5.92 Å². The highest BCUT2D eigenvalue weighted by Crippen LogP contribution is 2.21. The molecular weight excluding hydrogens is 340 g/mol. The van der Waals surface area contributed by atoms with Crippen molar-refractivity contribution in [3.63, 3.8) is 0 Å². The molecule has 130 valence electrons. The molecule has 2 aliphatic heterocycles. The quantitative estimate of drug-likeness (QED) is 0.894. The average molecular weight is 364 g/mol. The molecule has 2 aliphatic rings. The lowest BCUT2D eigenvalue weighted by molar-refractivity contribution is -0.132. The highest BCUT2D eigenvalue weighted by molar-refractivity contribution is 5.85. The van der Waals surface area contributed by atoms with Gasteiger partial charge in [-0.1, -0.05) is 12.1 Å². The molecule has 1 aromatic rings. The SMILES string of the molecule is Cl.Cl.O=C(CC1CCNC1)N1CCN(c2ccccc2F)CC1. The van der Waals surface area contributed by atoms with Gasteiger partial charge in [-0.15, -0.1) is 24.8 Å². The number of rotatable bonds is 3. The Balaban J connectivity index is 0.00000132. The number of hydrogen-bond donors (Lipinski definition) is 1. The lowest BCUT2D eigenvalue weighted by Gasteiger charge is -2.36. The minimum absolute atomic E-state index is 0.